The summed E-state index contributed by atoms with van der Waals surface area (Å²) in [4.78, 5) is 34.2. The minimum Gasteiger partial charge on any atom is -0.427 e. The Labute approximate surface area is 130 Å². The third-order valence-corrected chi connectivity index (χ3v) is 2.85. The molecule has 6 heteroatoms. The number of ether oxygens (including phenoxy) is 1. The molecule has 1 aromatic carbocycles. The van der Waals surface area contributed by atoms with Crippen LogP contribution < -0.4 is 15.4 Å². The van der Waals surface area contributed by atoms with Gasteiger partial charge < -0.3 is 15.4 Å². The lowest BCUT2D eigenvalue weighted by atomic mass is 10.2. The molecule has 1 rings (SSSR count). The fourth-order valence-electron chi connectivity index (χ4n) is 1.77. The van der Waals surface area contributed by atoms with Crippen LogP contribution in [0.3, 0.4) is 0 Å². The highest BCUT2D eigenvalue weighted by molar-refractivity contribution is 5.94. The smallest absolute Gasteiger partial charge is 0.308 e. The lowest BCUT2D eigenvalue weighted by molar-refractivity contribution is -0.131. The first-order chi connectivity index (χ1) is 10.5. The van der Waals surface area contributed by atoms with Gasteiger partial charge in [0.05, 0.1) is 0 Å². The number of hydrogen-bond donors (Lipinski definition) is 2. The van der Waals surface area contributed by atoms with E-state index in [1.807, 2.05) is 6.92 Å². The number of rotatable bonds is 8. The van der Waals surface area contributed by atoms with Gasteiger partial charge in [0.1, 0.15) is 5.75 Å². The highest BCUT2D eigenvalue weighted by Gasteiger charge is 2.07. The molecule has 0 aliphatic rings. The van der Waals surface area contributed by atoms with Gasteiger partial charge >= 0.3 is 5.97 Å². The van der Waals surface area contributed by atoms with Gasteiger partial charge in [-0.3, -0.25) is 14.4 Å². The highest BCUT2D eigenvalue weighted by Crippen LogP contribution is 2.13. The Morgan fingerprint density at radius 3 is 2.55 bits per heavy atom. The first-order valence-corrected chi connectivity index (χ1v) is 7.36. The number of amides is 2. The maximum Gasteiger partial charge on any atom is 0.308 e. The van der Waals surface area contributed by atoms with E-state index < -0.39 is 5.97 Å². The summed E-state index contributed by atoms with van der Waals surface area (Å²) >= 11 is 0. The Morgan fingerprint density at radius 2 is 1.86 bits per heavy atom. The molecule has 0 fully saturated rings. The van der Waals surface area contributed by atoms with E-state index in [0.29, 0.717) is 30.8 Å². The van der Waals surface area contributed by atoms with Crippen molar-refractivity contribution in [2.45, 2.75) is 33.1 Å². The molecule has 1 aromatic rings. The van der Waals surface area contributed by atoms with Crippen LogP contribution in [-0.4, -0.2) is 30.9 Å². The summed E-state index contributed by atoms with van der Waals surface area (Å²) in [6.45, 7) is 4.05. The minimum atomic E-state index is -0.438. The van der Waals surface area contributed by atoms with Crippen molar-refractivity contribution in [2.24, 2.45) is 0 Å². The third-order valence-electron chi connectivity index (χ3n) is 2.85. The van der Waals surface area contributed by atoms with E-state index in [1.165, 1.54) is 13.0 Å². The Morgan fingerprint density at radius 1 is 1.14 bits per heavy atom. The fourth-order valence-corrected chi connectivity index (χ4v) is 1.77. The second-order valence-corrected chi connectivity index (χ2v) is 4.83. The standard InChI is InChI=1S/C16H22N2O4/c1-3-4-8-15(20)17-9-10-18-16(21)13-6-5-7-14(11-13)22-12(2)19/h5-7,11H,3-4,8-10H2,1-2H3,(H,17,20)(H,18,21). The van der Waals surface area contributed by atoms with Crippen LogP contribution >= 0.6 is 0 Å². The number of hydrogen-bond acceptors (Lipinski definition) is 4. The van der Waals surface area contributed by atoms with Gasteiger partial charge in [0.15, 0.2) is 0 Å². The van der Waals surface area contributed by atoms with Crippen LogP contribution in [0.1, 0.15) is 43.5 Å². The second kappa shape index (κ2) is 9.55. The predicted molar refractivity (Wildman–Crippen MR) is 82.6 cm³/mol. The molecule has 0 spiro atoms. The van der Waals surface area contributed by atoms with Crippen LogP contribution in [0.5, 0.6) is 5.75 Å². The van der Waals surface area contributed by atoms with E-state index in [-0.39, 0.29) is 11.8 Å². The molecule has 0 aliphatic carbocycles. The number of esters is 1. The molecule has 2 N–H and O–H groups in total. The van der Waals surface area contributed by atoms with E-state index >= 15 is 0 Å². The van der Waals surface area contributed by atoms with Gasteiger partial charge in [-0.05, 0) is 24.6 Å². The van der Waals surface area contributed by atoms with Crippen LogP contribution in [0, 0.1) is 0 Å². The van der Waals surface area contributed by atoms with Crippen molar-refractivity contribution in [3.8, 4) is 5.75 Å². The zero-order valence-electron chi connectivity index (χ0n) is 13.0. The largest absolute Gasteiger partial charge is 0.427 e. The molecule has 0 heterocycles. The molecule has 0 saturated heterocycles. The summed E-state index contributed by atoms with van der Waals surface area (Å²) in [6.07, 6.45) is 2.35. The normalized spacial score (nSPS) is 9.91. The summed E-state index contributed by atoms with van der Waals surface area (Å²) in [7, 11) is 0. The van der Waals surface area contributed by atoms with Crippen LogP contribution in [-0.2, 0) is 9.59 Å². The Kier molecular flexibility index (Phi) is 7.67. The summed E-state index contributed by atoms with van der Waals surface area (Å²) in [5, 5.41) is 5.44. The van der Waals surface area contributed by atoms with Crippen molar-refractivity contribution < 1.29 is 19.1 Å². The van der Waals surface area contributed by atoms with E-state index in [1.54, 1.807) is 18.2 Å². The topological polar surface area (TPSA) is 84.5 Å². The minimum absolute atomic E-state index is 0.00652. The van der Waals surface area contributed by atoms with Gasteiger partial charge in [0, 0.05) is 32.0 Å². The second-order valence-electron chi connectivity index (χ2n) is 4.83. The Bertz CT molecular complexity index is 529. The number of unbranched alkanes of at least 4 members (excludes halogenated alkanes) is 1. The lowest BCUT2D eigenvalue weighted by Crippen LogP contribution is -2.34. The van der Waals surface area contributed by atoms with Gasteiger partial charge in [-0.25, -0.2) is 0 Å². The molecule has 0 unspecified atom stereocenters. The quantitative estimate of drug-likeness (QED) is 0.434. The zero-order chi connectivity index (χ0) is 16.4. The van der Waals surface area contributed by atoms with Gasteiger partial charge in [-0.15, -0.1) is 0 Å². The molecule has 0 aliphatic heterocycles. The molecule has 2 amide bonds. The molecule has 6 nitrogen and oxygen atoms in total. The molecular formula is C16H22N2O4. The van der Waals surface area contributed by atoms with Crippen molar-refractivity contribution in [2.75, 3.05) is 13.1 Å². The third kappa shape index (κ3) is 6.88. The molecule has 0 saturated carbocycles. The summed E-state index contributed by atoms with van der Waals surface area (Å²) < 4.78 is 4.92. The van der Waals surface area contributed by atoms with Gasteiger partial charge in [-0.1, -0.05) is 19.4 Å². The van der Waals surface area contributed by atoms with Crippen molar-refractivity contribution in [3.05, 3.63) is 29.8 Å². The van der Waals surface area contributed by atoms with Crippen molar-refractivity contribution >= 4 is 17.8 Å². The Hall–Kier alpha value is -2.37. The van der Waals surface area contributed by atoms with Gasteiger partial charge in [0.2, 0.25) is 5.91 Å². The molecule has 0 aromatic heterocycles. The predicted octanol–water partition coefficient (Wildman–Crippen LogP) is 1.65. The number of carbonyl (C=O) groups excluding carboxylic acids is 3. The Balaban J connectivity index is 2.36. The van der Waals surface area contributed by atoms with E-state index in [4.69, 9.17) is 4.74 Å². The zero-order valence-corrected chi connectivity index (χ0v) is 13.0. The average molecular weight is 306 g/mol. The molecule has 120 valence electrons. The monoisotopic (exact) mass is 306 g/mol. The average Bonchev–Trinajstić information content (AvgIpc) is 2.49. The van der Waals surface area contributed by atoms with Crippen LogP contribution in [0.4, 0.5) is 0 Å². The summed E-state index contributed by atoms with van der Waals surface area (Å²) in [5.74, 6) is -0.398. The van der Waals surface area contributed by atoms with E-state index in [9.17, 15) is 14.4 Å². The lowest BCUT2D eigenvalue weighted by Gasteiger charge is -2.08. The number of carbonyl (C=O) groups is 3. The summed E-state index contributed by atoms with van der Waals surface area (Å²) in [5.41, 5.74) is 0.399. The molecule has 0 bridgehead atoms. The van der Waals surface area contributed by atoms with Crippen LogP contribution in [0.25, 0.3) is 0 Å². The molecular weight excluding hydrogens is 284 g/mol. The SMILES string of the molecule is CCCCC(=O)NCCNC(=O)c1cccc(OC(C)=O)c1. The summed E-state index contributed by atoms with van der Waals surface area (Å²) in [6, 6.07) is 6.37. The van der Waals surface area contributed by atoms with Crippen LogP contribution in [0.15, 0.2) is 24.3 Å². The number of benzene rings is 1. The van der Waals surface area contributed by atoms with E-state index in [2.05, 4.69) is 10.6 Å². The molecule has 0 atom stereocenters. The van der Waals surface area contributed by atoms with Crippen molar-refractivity contribution in [3.63, 3.8) is 0 Å². The maximum atomic E-state index is 11.9. The van der Waals surface area contributed by atoms with Crippen molar-refractivity contribution in [1.82, 2.24) is 10.6 Å². The first-order valence-electron chi connectivity index (χ1n) is 7.36. The van der Waals surface area contributed by atoms with Gasteiger partial charge in [0.25, 0.3) is 5.91 Å². The van der Waals surface area contributed by atoms with E-state index in [0.717, 1.165) is 12.8 Å². The molecule has 22 heavy (non-hydrogen) atoms. The first kappa shape index (κ1) is 17.7. The fraction of sp³-hybridized carbons (Fsp3) is 0.438. The van der Waals surface area contributed by atoms with Crippen LogP contribution in [0.2, 0.25) is 0 Å². The van der Waals surface area contributed by atoms with Gasteiger partial charge in [-0.2, -0.15) is 0 Å². The van der Waals surface area contributed by atoms with Crippen molar-refractivity contribution in [1.29, 1.82) is 0 Å². The molecule has 0 radical (unpaired) electrons. The maximum absolute atomic E-state index is 11.9. The highest BCUT2D eigenvalue weighted by atomic mass is 16.5. The number of nitrogens with one attached hydrogen (secondary N) is 2.